The van der Waals surface area contributed by atoms with Crippen LogP contribution < -0.4 is 10.1 Å². The number of ether oxygens (including phenoxy) is 1. The van der Waals surface area contributed by atoms with E-state index in [2.05, 4.69) is 21.2 Å². The summed E-state index contributed by atoms with van der Waals surface area (Å²) in [7, 11) is 0. The molecule has 1 saturated carbocycles. The number of hydrogen-bond donors (Lipinski definition) is 1. The number of rotatable bonds is 6. The van der Waals surface area contributed by atoms with Gasteiger partial charge >= 0.3 is 0 Å². The van der Waals surface area contributed by atoms with Gasteiger partial charge in [-0.1, -0.05) is 30.3 Å². The molecule has 3 rings (SSSR count). The van der Waals surface area contributed by atoms with Crippen molar-refractivity contribution in [3.05, 3.63) is 63.6 Å². The number of nitrogens with one attached hydrogen (secondary N) is 1. The fraction of sp³-hybridized carbons (Fsp3) is 0.316. The van der Waals surface area contributed by atoms with Gasteiger partial charge in [0.15, 0.2) is 0 Å². The Bertz CT molecular complexity index is 696. The minimum absolute atomic E-state index is 0.0357. The van der Waals surface area contributed by atoms with Gasteiger partial charge in [-0.15, -0.1) is 0 Å². The average molecular weight is 374 g/mol. The average Bonchev–Trinajstić information content (AvgIpc) is 3.37. The maximum Gasteiger partial charge on any atom is 0.252 e. The van der Waals surface area contributed by atoms with Gasteiger partial charge in [-0.3, -0.25) is 4.79 Å². The van der Waals surface area contributed by atoms with Crippen LogP contribution in [0.1, 0.15) is 34.3 Å². The van der Waals surface area contributed by atoms with E-state index in [0.717, 1.165) is 27.9 Å². The summed E-state index contributed by atoms with van der Waals surface area (Å²) in [4.78, 5) is 12.4. The zero-order valence-electron chi connectivity index (χ0n) is 13.1. The third-order valence-corrected chi connectivity index (χ3v) is 4.74. The van der Waals surface area contributed by atoms with Gasteiger partial charge in [0.2, 0.25) is 0 Å². The minimum atomic E-state index is -0.0357. The van der Waals surface area contributed by atoms with Crippen molar-refractivity contribution in [2.24, 2.45) is 5.92 Å². The van der Waals surface area contributed by atoms with Crippen LogP contribution in [0.4, 0.5) is 0 Å². The van der Waals surface area contributed by atoms with Gasteiger partial charge in [0.05, 0.1) is 5.56 Å². The summed E-state index contributed by atoms with van der Waals surface area (Å²) in [6.07, 6.45) is 2.45. The number of halogens is 1. The zero-order chi connectivity index (χ0) is 16.2. The number of amides is 1. The first-order valence-corrected chi connectivity index (χ1v) is 8.68. The number of benzene rings is 2. The molecular formula is C19H20BrNO2. The third-order valence-electron chi connectivity index (χ3n) is 4.08. The maximum atomic E-state index is 12.4. The summed E-state index contributed by atoms with van der Waals surface area (Å²) in [5.74, 6) is 1.37. The Balaban J connectivity index is 1.73. The van der Waals surface area contributed by atoms with Crippen LogP contribution in [-0.4, -0.2) is 12.5 Å². The quantitative estimate of drug-likeness (QED) is 0.810. The maximum absolute atomic E-state index is 12.4. The predicted molar refractivity (Wildman–Crippen MR) is 94.7 cm³/mol. The summed E-state index contributed by atoms with van der Waals surface area (Å²) >= 11 is 3.48. The Kier molecular flexibility index (Phi) is 5.01. The van der Waals surface area contributed by atoms with Crippen molar-refractivity contribution >= 4 is 21.8 Å². The molecule has 3 nitrogen and oxygen atoms in total. The molecule has 1 fully saturated rings. The Hall–Kier alpha value is -1.81. The molecule has 2 aromatic carbocycles. The molecule has 0 heterocycles. The van der Waals surface area contributed by atoms with Crippen LogP contribution >= 0.6 is 15.9 Å². The Morgan fingerprint density at radius 2 is 1.96 bits per heavy atom. The molecule has 0 atom stereocenters. The van der Waals surface area contributed by atoms with E-state index in [-0.39, 0.29) is 5.91 Å². The number of carbonyl (C=O) groups is 1. The summed E-state index contributed by atoms with van der Waals surface area (Å²) in [6, 6.07) is 13.8. The first-order valence-electron chi connectivity index (χ1n) is 7.89. The van der Waals surface area contributed by atoms with Crippen molar-refractivity contribution in [1.29, 1.82) is 0 Å². The monoisotopic (exact) mass is 373 g/mol. The lowest BCUT2D eigenvalue weighted by Gasteiger charge is -2.14. The summed E-state index contributed by atoms with van der Waals surface area (Å²) < 4.78 is 6.71. The summed E-state index contributed by atoms with van der Waals surface area (Å²) in [5.41, 5.74) is 2.63. The van der Waals surface area contributed by atoms with Crippen LogP contribution in [0.15, 0.2) is 46.9 Å². The lowest BCUT2D eigenvalue weighted by Crippen LogP contribution is -2.26. The van der Waals surface area contributed by atoms with Crippen LogP contribution in [0.2, 0.25) is 0 Å². The fourth-order valence-electron chi connectivity index (χ4n) is 2.48. The van der Waals surface area contributed by atoms with E-state index in [1.165, 1.54) is 12.8 Å². The molecule has 0 spiro atoms. The lowest BCUT2D eigenvalue weighted by atomic mass is 10.1. The first kappa shape index (κ1) is 16.1. The molecule has 0 unspecified atom stereocenters. The molecular weight excluding hydrogens is 354 g/mol. The van der Waals surface area contributed by atoms with E-state index in [1.807, 2.05) is 49.4 Å². The summed E-state index contributed by atoms with van der Waals surface area (Å²) in [5, 5.41) is 3.02. The second-order valence-electron chi connectivity index (χ2n) is 5.97. The third kappa shape index (κ3) is 4.14. The van der Waals surface area contributed by atoms with Crippen LogP contribution in [-0.2, 0) is 6.61 Å². The second kappa shape index (κ2) is 7.18. The first-order chi connectivity index (χ1) is 11.1. The summed E-state index contributed by atoms with van der Waals surface area (Å²) in [6.45, 7) is 3.18. The molecule has 0 bridgehead atoms. The highest BCUT2D eigenvalue weighted by atomic mass is 79.9. The van der Waals surface area contributed by atoms with E-state index >= 15 is 0 Å². The highest BCUT2D eigenvalue weighted by Crippen LogP contribution is 2.30. The van der Waals surface area contributed by atoms with E-state index < -0.39 is 0 Å². The minimum Gasteiger partial charge on any atom is -0.489 e. The highest BCUT2D eigenvalue weighted by Gasteiger charge is 2.23. The molecule has 0 saturated heterocycles. The van der Waals surface area contributed by atoms with Crippen molar-refractivity contribution in [2.45, 2.75) is 26.4 Å². The van der Waals surface area contributed by atoms with E-state index in [0.29, 0.717) is 18.1 Å². The van der Waals surface area contributed by atoms with Crippen molar-refractivity contribution in [3.63, 3.8) is 0 Å². The van der Waals surface area contributed by atoms with Gasteiger partial charge in [-0.2, -0.15) is 0 Å². The van der Waals surface area contributed by atoms with E-state index in [4.69, 9.17) is 4.74 Å². The van der Waals surface area contributed by atoms with Gasteiger partial charge in [0.25, 0.3) is 5.91 Å². The normalized spacial score (nSPS) is 13.7. The van der Waals surface area contributed by atoms with Crippen molar-refractivity contribution in [1.82, 2.24) is 5.32 Å². The number of hydrogen-bond acceptors (Lipinski definition) is 2. The predicted octanol–water partition coefficient (Wildman–Crippen LogP) is 4.48. The highest BCUT2D eigenvalue weighted by molar-refractivity contribution is 9.10. The molecule has 1 N–H and O–H groups in total. The molecule has 1 aliphatic rings. The van der Waals surface area contributed by atoms with Crippen molar-refractivity contribution in [3.8, 4) is 5.75 Å². The van der Waals surface area contributed by atoms with E-state index in [9.17, 15) is 4.79 Å². The molecule has 0 radical (unpaired) electrons. The van der Waals surface area contributed by atoms with Gasteiger partial charge in [0.1, 0.15) is 12.4 Å². The second-order valence-corrected chi connectivity index (χ2v) is 6.83. The van der Waals surface area contributed by atoms with Crippen LogP contribution in [0.3, 0.4) is 0 Å². The van der Waals surface area contributed by atoms with Gasteiger partial charge in [0, 0.05) is 16.6 Å². The van der Waals surface area contributed by atoms with Crippen molar-refractivity contribution in [2.75, 3.05) is 6.54 Å². The van der Waals surface area contributed by atoms with Crippen LogP contribution in [0, 0.1) is 12.8 Å². The molecule has 120 valence electrons. The lowest BCUT2D eigenvalue weighted by molar-refractivity contribution is 0.0950. The zero-order valence-corrected chi connectivity index (χ0v) is 14.7. The molecule has 0 aliphatic heterocycles. The smallest absolute Gasteiger partial charge is 0.252 e. The van der Waals surface area contributed by atoms with Gasteiger partial charge in [-0.25, -0.2) is 0 Å². The van der Waals surface area contributed by atoms with Crippen molar-refractivity contribution < 1.29 is 9.53 Å². The molecule has 2 aromatic rings. The van der Waals surface area contributed by atoms with Gasteiger partial charge < -0.3 is 10.1 Å². The molecule has 23 heavy (non-hydrogen) atoms. The SMILES string of the molecule is Cc1c(OCc2ccccc2)ccc(Br)c1C(=O)NCC1CC1. The molecule has 4 heteroatoms. The Morgan fingerprint density at radius 1 is 1.22 bits per heavy atom. The van der Waals surface area contributed by atoms with Gasteiger partial charge in [-0.05, 0) is 59.3 Å². The molecule has 1 aliphatic carbocycles. The number of carbonyl (C=O) groups excluding carboxylic acids is 1. The largest absolute Gasteiger partial charge is 0.489 e. The molecule has 1 amide bonds. The fourth-order valence-corrected chi connectivity index (χ4v) is 3.09. The standard InChI is InChI=1S/C19H20BrNO2/c1-13-17(23-12-15-5-3-2-4-6-15)10-9-16(20)18(13)19(22)21-11-14-7-8-14/h2-6,9-10,14H,7-8,11-12H2,1H3,(H,21,22). The molecule has 0 aromatic heterocycles. The van der Waals surface area contributed by atoms with Crippen LogP contribution in [0.5, 0.6) is 5.75 Å². The topological polar surface area (TPSA) is 38.3 Å². The Labute approximate surface area is 145 Å². The van der Waals surface area contributed by atoms with Crippen LogP contribution in [0.25, 0.3) is 0 Å². The van der Waals surface area contributed by atoms with E-state index in [1.54, 1.807) is 0 Å². The Morgan fingerprint density at radius 3 is 2.65 bits per heavy atom.